The molecule has 1 fully saturated rings. The van der Waals surface area contributed by atoms with E-state index < -0.39 is 0 Å². The number of likely N-dealkylation sites (tertiary alicyclic amines) is 1. The third-order valence-electron chi connectivity index (χ3n) is 4.95. The smallest absolute Gasteiger partial charge is 0.0223 e. The molecule has 1 saturated heterocycles. The van der Waals surface area contributed by atoms with Crippen molar-refractivity contribution >= 4 is 15.9 Å². The molecule has 1 aliphatic heterocycles. The van der Waals surface area contributed by atoms with Crippen molar-refractivity contribution in [3.63, 3.8) is 0 Å². The standard InChI is InChI=1S/C17H25BrN2/c1-19-12-17-4-2-3-9-20(17)16-8-6-13-10-15(18)7-5-14(13)11-16/h5,7,10,16-17,19H,2-4,6,8-9,11-12H2,1H3. The van der Waals surface area contributed by atoms with Crippen LogP contribution in [-0.4, -0.2) is 37.1 Å². The van der Waals surface area contributed by atoms with Crippen LogP contribution in [0.15, 0.2) is 22.7 Å². The van der Waals surface area contributed by atoms with Gasteiger partial charge in [-0.05, 0) is 69.0 Å². The van der Waals surface area contributed by atoms with Gasteiger partial charge in [0.15, 0.2) is 0 Å². The van der Waals surface area contributed by atoms with Crippen molar-refractivity contribution in [2.45, 2.75) is 50.6 Å². The van der Waals surface area contributed by atoms with E-state index in [9.17, 15) is 0 Å². The molecule has 3 heteroatoms. The highest BCUT2D eigenvalue weighted by Crippen LogP contribution is 2.30. The van der Waals surface area contributed by atoms with Crippen LogP contribution in [0.3, 0.4) is 0 Å². The molecule has 1 aromatic rings. The molecule has 1 aliphatic carbocycles. The summed E-state index contributed by atoms with van der Waals surface area (Å²) in [5, 5.41) is 3.39. The lowest BCUT2D eigenvalue weighted by atomic mass is 9.85. The third-order valence-corrected chi connectivity index (χ3v) is 5.45. The quantitative estimate of drug-likeness (QED) is 0.910. The van der Waals surface area contributed by atoms with Crippen LogP contribution in [-0.2, 0) is 12.8 Å². The van der Waals surface area contributed by atoms with E-state index >= 15 is 0 Å². The monoisotopic (exact) mass is 336 g/mol. The van der Waals surface area contributed by atoms with Gasteiger partial charge in [-0.15, -0.1) is 0 Å². The van der Waals surface area contributed by atoms with Gasteiger partial charge in [0, 0.05) is 23.1 Å². The van der Waals surface area contributed by atoms with Crippen molar-refractivity contribution < 1.29 is 0 Å². The number of hydrogen-bond acceptors (Lipinski definition) is 2. The lowest BCUT2D eigenvalue weighted by Gasteiger charge is -2.43. The summed E-state index contributed by atoms with van der Waals surface area (Å²) in [7, 11) is 2.08. The Bertz CT molecular complexity index is 458. The first-order chi connectivity index (χ1) is 9.78. The summed E-state index contributed by atoms with van der Waals surface area (Å²) in [4.78, 5) is 2.80. The van der Waals surface area contributed by atoms with Crippen LogP contribution in [0, 0.1) is 0 Å². The van der Waals surface area contributed by atoms with Gasteiger partial charge in [-0.2, -0.15) is 0 Å². The van der Waals surface area contributed by atoms with Crippen LogP contribution in [0.2, 0.25) is 0 Å². The Morgan fingerprint density at radius 3 is 3.00 bits per heavy atom. The summed E-state index contributed by atoms with van der Waals surface area (Å²) >= 11 is 3.59. The number of nitrogens with zero attached hydrogens (tertiary/aromatic N) is 1. The van der Waals surface area contributed by atoms with E-state index in [1.165, 1.54) is 49.5 Å². The number of halogens is 1. The normalized spacial score (nSPS) is 27.3. The first-order valence-corrected chi connectivity index (χ1v) is 8.75. The minimum atomic E-state index is 0.746. The van der Waals surface area contributed by atoms with Crippen molar-refractivity contribution in [1.29, 1.82) is 0 Å². The number of benzene rings is 1. The molecule has 20 heavy (non-hydrogen) atoms. The fourth-order valence-corrected chi connectivity index (χ4v) is 4.35. The molecule has 2 nitrogen and oxygen atoms in total. The molecule has 2 atom stereocenters. The average molecular weight is 337 g/mol. The van der Waals surface area contributed by atoms with E-state index in [0.29, 0.717) is 0 Å². The minimum Gasteiger partial charge on any atom is -0.318 e. The molecule has 1 heterocycles. The van der Waals surface area contributed by atoms with Crippen LogP contribution >= 0.6 is 15.9 Å². The number of piperidine rings is 1. The Kier molecular flexibility index (Phi) is 4.79. The average Bonchev–Trinajstić information content (AvgIpc) is 2.48. The van der Waals surface area contributed by atoms with Crippen molar-refractivity contribution in [2.24, 2.45) is 0 Å². The first-order valence-electron chi connectivity index (χ1n) is 7.95. The predicted octanol–water partition coefficient (Wildman–Crippen LogP) is 3.38. The number of rotatable bonds is 3. The second-order valence-corrected chi connectivity index (χ2v) is 7.17. The largest absolute Gasteiger partial charge is 0.318 e. The highest BCUT2D eigenvalue weighted by Gasteiger charge is 2.30. The Balaban J connectivity index is 1.73. The molecule has 0 bridgehead atoms. The summed E-state index contributed by atoms with van der Waals surface area (Å²) in [6.07, 6.45) is 7.95. The maximum atomic E-state index is 3.59. The molecular formula is C17H25BrN2. The van der Waals surface area contributed by atoms with E-state index in [1.807, 2.05) is 0 Å². The SMILES string of the molecule is CNCC1CCCCN1C1CCc2cc(Br)ccc2C1. The van der Waals surface area contributed by atoms with Crippen molar-refractivity contribution in [3.8, 4) is 0 Å². The summed E-state index contributed by atoms with van der Waals surface area (Å²) in [6.45, 7) is 2.44. The van der Waals surface area contributed by atoms with Gasteiger partial charge < -0.3 is 5.32 Å². The number of fused-ring (bicyclic) bond motifs is 1. The second kappa shape index (κ2) is 6.59. The third kappa shape index (κ3) is 3.10. The van der Waals surface area contributed by atoms with Crippen LogP contribution in [0.4, 0.5) is 0 Å². The lowest BCUT2D eigenvalue weighted by Crippen LogP contribution is -2.51. The molecule has 1 aromatic carbocycles. The number of likely N-dealkylation sites (N-methyl/N-ethyl adjacent to an activating group) is 1. The highest BCUT2D eigenvalue weighted by atomic mass is 79.9. The van der Waals surface area contributed by atoms with Crippen LogP contribution in [0.25, 0.3) is 0 Å². The number of hydrogen-bond donors (Lipinski definition) is 1. The van der Waals surface area contributed by atoms with Crippen molar-refractivity contribution in [3.05, 3.63) is 33.8 Å². The van der Waals surface area contributed by atoms with E-state index in [1.54, 1.807) is 11.1 Å². The lowest BCUT2D eigenvalue weighted by molar-refractivity contribution is 0.0863. The Labute approximate surface area is 131 Å². The maximum absolute atomic E-state index is 3.59. The number of nitrogens with one attached hydrogen (secondary N) is 1. The van der Waals surface area contributed by atoms with Crippen LogP contribution in [0.5, 0.6) is 0 Å². The number of aryl methyl sites for hydroxylation is 1. The summed E-state index contributed by atoms with van der Waals surface area (Å²) in [5.41, 5.74) is 3.12. The second-order valence-electron chi connectivity index (χ2n) is 6.25. The van der Waals surface area contributed by atoms with E-state index in [0.717, 1.165) is 18.6 Å². The first kappa shape index (κ1) is 14.6. The maximum Gasteiger partial charge on any atom is 0.0223 e. The topological polar surface area (TPSA) is 15.3 Å². The van der Waals surface area contributed by atoms with Gasteiger partial charge in [-0.3, -0.25) is 4.90 Å². The zero-order valence-corrected chi connectivity index (χ0v) is 14.0. The van der Waals surface area contributed by atoms with Gasteiger partial charge in [-0.1, -0.05) is 28.4 Å². The molecule has 2 aliphatic rings. The summed E-state index contributed by atoms with van der Waals surface area (Å²) in [6, 6.07) is 8.33. The minimum absolute atomic E-state index is 0.746. The molecule has 0 radical (unpaired) electrons. The Morgan fingerprint density at radius 1 is 1.25 bits per heavy atom. The van der Waals surface area contributed by atoms with Crippen LogP contribution in [0.1, 0.15) is 36.8 Å². The molecule has 0 aromatic heterocycles. The van der Waals surface area contributed by atoms with Gasteiger partial charge in [-0.25, -0.2) is 0 Å². The van der Waals surface area contributed by atoms with Gasteiger partial charge in [0.2, 0.25) is 0 Å². The van der Waals surface area contributed by atoms with Gasteiger partial charge >= 0.3 is 0 Å². The molecule has 0 amide bonds. The van der Waals surface area contributed by atoms with Gasteiger partial charge in [0.1, 0.15) is 0 Å². The Morgan fingerprint density at radius 2 is 2.15 bits per heavy atom. The molecule has 110 valence electrons. The molecule has 1 N–H and O–H groups in total. The van der Waals surface area contributed by atoms with Gasteiger partial charge in [0.05, 0.1) is 0 Å². The van der Waals surface area contributed by atoms with Crippen molar-refractivity contribution in [2.75, 3.05) is 20.1 Å². The van der Waals surface area contributed by atoms with Gasteiger partial charge in [0.25, 0.3) is 0 Å². The Hall–Kier alpha value is -0.380. The van der Waals surface area contributed by atoms with Crippen molar-refractivity contribution in [1.82, 2.24) is 10.2 Å². The fraction of sp³-hybridized carbons (Fsp3) is 0.647. The summed E-state index contributed by atoms with van der Waals surface area (Å²) < 4.78 is 1.22. The zero-order chi connectivity index (χ0) is 13.9. The molecule has 0 saturated carbocycles. The molecular weight excluding hydrogens is 312 g/mol. The molecule has 3 rings (SSSR count). The van der Waals surface area contributed by atoms with E-state index in [4.69, 9.17) is 0 Å². The summed E-state index contributed by atoms with van der Waals surface area (Å²) in [5.74, 6) is 0. The van der Waals surface area contributed by atoms with E-state index in [-0.39, 0.29) is 0 Å². The predicted molar refractivity (Wildman–Crippen MR) is 88.2 cm³/mol. The zero-order valence-electron chi connectivity index (χ0n) is 12.4. The van der Waals surface area contributed by atoms with Crippen LogP contribution < -0.4 is 5.32 Å². The van der Waals surface area contributed by atoms with E-state index in [2.05, 4.69) is 51.4 Å². The molecule has 0 spiro atoms. The fourth-order valence-electron chi connectivity index (χ4n) is 3.95. The molecule has 2 unspecified atom stereocenters. The highest BCUT2D eigenvalue weighted by molar-refractivity contribution is 9.10.